The minimum absolute atomic E-state index is 0.474. The average Bonchev–Trinajstić information content (AvgIpc) is 2.69. The molecule has 0 amide bonds. The van der Waals surface area contributed by atoms with Gasteiger partial charge < -0.3 is 4.74 Å². The Morgan fingerprint density at radius 2 is 2.00 bits per heavy atom. The zero-order chi connectivity index (χ0) is 8.93. The van der Waals surface area contributed by atoms with Crippen molar-refractivity contribution in [1.29, 1.82) is 0 Å². The summed E-state index contributed by atoms with van der Waals surface area (Å²) in [6, 6.07) is 0. The van der Waals surface area contributed by atoms with E-state index < -0.39 is 0 Å². The van der Waals surface area contributed by atoms with Gasteiger partial charge in [-0.05, 0) is 25.7 Å². The van der Waals surface area contributed by atoms with Gasteiger partial charge in [-0.25, -0.2) is 5.01 Å². The molecule has 0 saturated carbocycles. The van der Waals surface area contributed by atoms with E-state index in [9.17, 15) is 0 Å². The third kappa shape index (κ3) is 2.93. The highest BCUT2D eigenvalue weighted by Crippen LogP contribution is 2.11. The second-order valence-corrected chi connectivity index (χ2v) is 4.04. The standard InChI is InChI=1S/C10H20N2O/c1-2-6-12(7-3-1)11-9-10-5-4-8-13-10/h10-11H,1-9H2. The maximum atomic E-state index is 5.55. The minimum atomic E-state index is 0.474. The van der Waals surface area contributed by atoms with Crippen LogP contribution in [-0.2, 0) is 4.74 Å². The second-order valence-electron chi connectivity index (χ2n) is 4.04. The van der Waals surface area contributed by atoms with Crippen molar-refractivity contribution in [2.45, 2.75) is 38.2 Å². The van der Waals surface area contributed by atoms with Gasteiger partial charge in [-0.2, -0.15) is 0 Å². The molecule has 2 saturated heterocycles. The van der Waals surface area contributed by atoms with Gasteiger partial charge in [0.2, 0.25) is 0 Å². The molecule has 76 valence electrons. The van der Waals surface area contributed by atoms with Crippen LogP contribution in [0.15, 0.2) is 0 Å². The molecule has 0 bridgehead atoms. The summed E-state index contributed by atoms with van der Waals surface area (Å²) in [6.45, 7) is 4.41. The van der Waals surface area contributed by atoms with E-state index in [-0.39, 0.29) is 0 Å². The van der Waals surface area contributed by atoms with E-state index in [4.69, 9.17) is 4.74 Å². The van der Waals surface area contributed by atoms with E-state index in [1.807, 2.05) is 0 Å². The molecule has 13 heavy (non-hydrogen) atoms. The van der Waals surface area contributed by atoms with Crippen LogP contribution >= 0.6 is 0 Å². The minimum Gasteiger partial charge on any atom is -0.377 e. The van der Waals surface area contributed by atoms with Crippen LogP contribution in [0, 0.1) is 0 Å². The summed E-state index contributed by atoms with van der Waals surface area (Å²) in [5.74, 6) is 0. The van der Waals surface area contributed by atoms with Crippen LogP contribution in [0.25, 0.3) is 0 Å². The zero-order valence-electron chi connectivity index (χ0n) is 8.30. The molecular formula is C10H20N2O. The van der Waals surface area contributed by atoms with E-state index in [1.165, 1.54) is 45.2 Å². The fourth-order valence-electron chi connectivity index (χ4n) is 2.09. The Labute approximate surface area is 80.4 Å². The van der Waals surface area contributed by atoms with E-state index in [2.05, 4.69) is 10.4 Å². The normalized spacial score (nSPS) is 30.9. The third-order valence-electron chi connectivity index (χ3n) is 2.92. The average molecular weight is 184 g/mol. The van der Waals surface area contributed by atoms with E-state index >= 15 is 0 Å². The molecule has 0 aromatic heterocycles. The first-order valence-electron chi connectivity index (χ1n) is 5.55. The van der Waals surface area contributed by atoms with Crippen molar-refractivity contribution < 1.29 is 4.74 Å². The first-order chi connectivity index (χ1) is 6.45. The molecule has 0 aromatic carbocycles. The molecule has 1 unspecified atom stereocenters. The summed E-state index contributed by atoms with van der Waals surface area (Å²) in [7, 11) is 0. The van der Waals surface area contributed by atoms with Gasteiger partial charge in [0.25, 0.3) is 0 Å². The van der Waals surface area contributed by atoms with Gasteiger partial charge in [-0.1, -0.05) is 6.42 Å². The van der Waals surface area contributed by atoms with Gasteiger partial charge in [0.05, 0.1) is 6.10 Å². The van der Waals surface area contributed by atoms with Crippen molar-refractivity contribution in [3.63, 3.8) is 0 Å². The summed E-state index contributed by atoms with van der Waals surface area (Å²) < 4.78 is 5.55. The van der Waals surface area contributed by atoms with Crippen LogP contribution in [0.1, 0.15) is 32.1 Å². The van der Waals surface area contributed by atoms with Crippen LogP contribution in [0.4, 0.5) is 0 Å². The number of hydrogen-bond donors (Lipinski definition) is 1. The largest absolute Gasteiger partial charge is 0.377 e. The number of hydrazine groups is 1. The lowest BCUT2D eigenvalue weighted by Crippen LogP contribution is -2.44. The lowest BCUT2D eigenvalue weighted by atomic mass is 10.2. The second kappa shape index (κ2) is 4.94. The molecule has 3 nitrogen and oxygen atoms in total. The van der Waals surface area contributed by atoms with Crippen molar-refractivity contribution in [2.24, 2.45) is 0 Å². The Hall–Kier alpha value is -0.120. The van der Waals surface area contributed by atoms with Crippen LogP contribution < -0.4 is 5.43 Å². The first kappa shape index (κ1) is 9.44. The van der Waals surface area contributed by atoms with Crippen LogP contribution in [0.3, 0.4) is 0 Å². The molecular weight excluding hydrogens is 164 g/mol. The molecule has 0 radical (unpaired) electrons. The summed E-state index contributed by atoms with van der Waals surface area (Å²) in [5.41, 5.74) is 3.47. The predicted molar refractivity (Wildman–Crippen MR) is 52.4 cm³/mol. The Balaban J connectivity index is 1.60. The molecule has 1 N–H and O–H groups in total. The molecule has 2 rings (SSSR count). The third-order valence-corrected chi connectivity index (χ3v) is 2.92. The fraction of sp³-hybridized carbons (Fsp3) is 1.00. The summed E-state index contributed by atoms with van der Waals surface area (Å²) in [4.78, 5) is 0. The zero-order valence-corrected chi connectivity index (χ0v) is 8.30. The van der Waals surface area contributed by atoms with Gasteiger partial charge >= 0.3 is 0 Å². The Morgan fingerprint density at radius 3 is 2.69 bits per heavy atom. The Morgan fingerprint density at radius 1 is 1.15 bits per heavy atom. The molecule has 1 atom stereocenters. The number of nitrogens with zero attached hydrogens (tertiary/aromatic N) is 1. The van der Waals surface area contributed by atoms with Crippen molar-refractivity contribution >= 4 is 0 Å². The molecule has 0 spiro atoms. The number of ether oxygens (including phenoxy) is 1. The Kier molecular flexibility index (Phi) is 3.58. The maximum absolute atomic E-state index is 5.55. The van der Waals surface area contributed by atoms with Crippen LogP contribution in [-0.4, -0.2) is 37.4 Å². The van der Waals surface area contributed by atoms with Crippen molar-refractivity contribution in [1.82, 2.24) is 10.4 Å². The molecule has 0 aromatic rings. The lowest BCUT2D eigenvalue weighted by molar-refractivity contribution is 0.0724. The summed E-state index contributed by atoms with van der Waals surface area (Å²) >= 11 is 0. The topological polar surface area (TPSA) is 24.5 Å². The highest BCUT2D eigenvalue weighted by Gasteiger charge is 2.17. The van der Waals surface area contributed by atoms with Gasteiger partial charge in [0.15, 0.2) is 0 Å². The number of nitrogens with one attached hydrogen (secondary N) is 1. The van der Waals surface area contributed by atoms with Gasteiger partial charge in [0.1, 0.15) is 0 Å². The molecule has 2 aliphatic heterocycles. The summed E-state index contributed by atoms with van der Waals surface area (Å²) in [6.07, 6.45) is 7.05. The van der Waals surface area contributed by atoms with Gasteiger partial charge in [-0.15, -0.1) is 0 Å². The van der Waals surface area contributed by atoms with Crippen molar-refractivity contribution in [2.75, 3.05) is 26.2 Å². The molecule has 2 fully saturated rings. The van der Waals surface area contributed by atoms with Gasteiger partial charge in [0, 0.05) is 26.2 Å². The lowest BCUT2D eigenvalue weighted by Gasteiger charge is -2.28. The van der Waals surface area contributed by atoms with Crippen molar-refractivity contribution in [3.8, 4) is 0 Å². The fourth-order valence-corrected chi connectivity index (χ4v) is 2.09. The van der Waals surface area contributed by atoms with Crippen LogP contribution in [0.5, 0.6) is 0 Å². The smallest absolute Gasteiger partial charge is 0.0714 e. The maximum Gasteiger partial charge on any atom is 0.0714 e. The Bertz CT molecular complexity index is 140. The molecule has 0 aliphatic carbocycles. The van der Waals surface area contributed by atoms with E-state index in [0.717, 1.165) is 13.2 Å². The summed E-state index contributed by atoms with van der Waals surface area (Å²) in [5, 5.41) is 2.35. The molecule has 2 aliphatic rings. The van der Waals surface area contributed by atoms with Gasteiger partial charge in [-0.3, -0.25) is 5.43 Å². The number of piperidine rings is 1. The highest BCUT2D eigenvalue weighted by molar-refractivity contribution is 4.68. The molecule has 3 heteroatoms. The monoisotopic (exact) mass is 184 g/mol. The van der Waals surface area contributed by atoms with E-state index in [0.29, 0.717) is 6.10 Å². The highest BCUT2D eigenvalue weighted by atomic mass is 16.5. The molecule has 2 heterocycles. The van der Waals surface area contributed by atoms with Crippen LogP contribution in [0.2, 0.25) is 0 Å². The number of rotatable bonds is 3. The van der Waals surface area contributed by atoms with E-state index in [1.54, 1.807) is 0 Å². The predicted octanol–water partition coefficient (Wildman–Crippen LogP) is 1.16. The number of hydrogen-bond acceptors (Lipinski definition) is 3. The SMILES string of the molecule is C1CCN(NCC2CCCO2)CC1. The quantitative estimate of drug-likeness (QED) is 0.712. The van der Waals surface area contributed by atoms with Crippen molar-refractivity contribution in [3.05, 3.63) is 0 Å². The first-order valence-corrected chi connectivity index (χ1v) is 5.55.